The summed E-state index contributed by atoms with van der Waals surface area (Å²) in [6.45, 7) is 4.16. The summed E-state index contributed by atoms with van der Waals surface area (Å²) in [5.41, 5.74) is 5.89. The number of hydrogen-bond donors (Lipinski definition) is 1. The molecule has 0 bridgehead atoms. The van der Waals surface area contributed by atoms with Crippen molar-refractivity contribution in [2.45, 2.75) is 25.3 Å². The summed E-state index contributed by atoms with van der Waals surface area (Å²) in [6.07, 6.45) is 3.33. The standard InChI is InChI=1S/C14H21BrN2O/c15-12-3-1-4-14(11-12)18-10-2-7-17-8-5-13(16)6-9-17/h1,3-4,11,13H,2,5-10,16H2. The molecule has 0 spiro atoms. The Labute approximate surface area is 117 Å². The van der Waals surface area contributed by atoms with E-state index in [2.05, 4.69) is 20.8 Å². The first-order valence-electron chi connectivity index (χ1n) is 6.60. The van der Waals surface area contributed by atoms with Crippen LogP contribution in [0, 0.1) is 0 Å². The molecule has 1 heterocycles. The lowest BCUT2D eigenvalue weighted by Crippen LogP contribution is -2.40. The molecule has 1 aromatic rings. The third kappa shape index (κ3) is 4.59. The molecule has 0 aromatic heterocycles. The monoisotopic (exact) mass is 312 g/mol. The van der Waals surface area contributed by atoms with Gasteiger partial charge in [-0.2, -0.15) is 0 Å². The summed E-state index contributed by atoms with van der Waals surface area (Å²) in [4.78, 5) is 2.48. The van der Waals surface area contributed by atoms with Gasteiger partial charge in [-0.3, -0.25) is 0 Å². The van der Waals surface area contributed by atoms with E-state index in [0.29, 0.717) is 6.04 Å². The second kappa shape index (κ2) is 7.12. The number of nitrogens with zero attached hydrogens (tertiary/aromatic N) is 1. The van der Waals surface area contributed by atoms with E-state index in [4.69, 9.17) is 10.5 Å². The van der Waals surface area contributed by atoms with Gasteiger partial charge in [0.05, 0.1) is 6.61 Å². The van der Waals surface area contributed by atoms with Gasteiger partial charge in [0.2, 0.25) is 0 Å². The van der Waals surface area contributed by atoms with Crippen molar-refractivity contribution in [2.75, 3.05) is 26.2 Å². The van der Waals surface area contributed by atoms with E-state index in [-0.39, 0.29) is 0 Å². The van der Waals surface area contributed by atoms with Crippen molar-refractivity contribution in [1.29, 1.82) is 0 Å². The zero-order valence-corrected chi connectivity index (χ0v) is 12.2. The average Bonchev–Trinajstić information content (AvgIpc) is 2.37. The SMILES string of the molecule is NC1CCN(CCCOc2cccc(Br)c2)CC1. The molecule has 3 nitrogen and oxygen atoms in total. The second-order valence-corrected chi connectivity index (χ2v) is 5.75. The van der Waals surface area contributed by atoms with Crippen molar-refractivity contribution in [1.82, 2.24) is 4.90 Å². The van der Waals surface area contributed by atoms with E-state index >= 15 is 0 Å². The lowest BCUT2D eigenvalue weighted by atomic mass is 10.1. The fourth-order valence-electron chi connectivity index (χ4n) is 2.21. The smallest absolute Gasteiger partial charge is 0.120 e. The fraction of sp³-hybridized carbons (Fsp3) is 0.571. The van der Waals surface area contributed by atoms with Crippen LogP contribution in [0.5, 0.6) is 5.75 Å². The summed E-state index contributed by atoms with van der Waals surface area (Å²) < 4.78 is 6.78. The van der Waals surface area contributed by atoms with Crippen LogP contribution in [0.4, 0.5) is 0 Å². The molecule has 100 valence electrons. The number of piperidine rings is 1. The topological polar surface area (TPSA) is 38.5 Å². The van der Waals surface area contributed by atoms with Gasteiger partial charge in [-0.15, -0.1) is 0 Å². The van der Waals surface area contributed by atoms with Crippen LogP contribution in [0.3, 0.4) is 0 Å². The van der Waals surface area contributed by atoms with Gasteiger partial charge in [-0.05, 0) is 50.6 Å². The molecule has 0 aliphatic carbocycles. The highest BCUT2D eigenvalue weighted by molar-refractivity contribution is 9.10. The number of ether oxygens (including phenoxy) is 1. The maximum Gasteiger partial charge on any atom is 0.120 e. The van der Waals surface area contributed by atoms with Crippen molar-refractivity contribution in [2.24, 2.45) is 5.73 Å². The fourth-order valence-corrected chi connectivity index (χ4v) is 2.59. The van der Waals surface area contributed by atoms with Gasteiger partial charge in [-0.25, -0.2) is 0 Å². The average molecular weight is 313 g/mol. The maximum atomic E-state index is 5.89. The van der Waals surface area contributed by atoms with Gasteiger partial charge in [0.15, 0.2) is 0 Å². The molecule has 0 amide bonds. The van der Waals surface area contributed by atoms with Crippen LogP contribution in [0.1, 0.15) is 19.3 Å². The summed E-state index contributed by atoms with van der Waals surface area (Å²) in [5, 5.41) is 0. The molecule has 1 aromatic carbocycles. The Morgan fingerprint density at radius 3 is 2.83 bits per heavy atom. The minimum Gasteiger partial charge on any atom is -0.494 e. The molecule has 0 radical (unpaired) electrons. The van der Waals surface area contributed by atoms with Crippen molar-refractivity contribution in [3.63, 3.8) is 0 Å². The number of nitrogens with two attached hydrogens (primary N) is 1. The van der Waals surface area contributed by atoms with Gasteiger partial charge in [0.1, 0.15) is 5.75 Å². The maximum absolute atomic E-state index is 5.89. The molecule has 0 unspecified atom stereocenters. The molecule has 0 atom stereocenters. The van der Waals surface area contributed by atoms with Gasteiger partial charge in [0.25, 0.3) is 0 Å². The Morgan fingerprint density at radius 2 is 2.11 bits per heavy atom. The van der Waals surface area contributed by atoms with Crippen molar-refractivity contribution < 1.29 is 4.74 Å². The minimum absolute atomic E-state index is 0.416. The lowest BCUT2D eigenvalue weighted by molar-refractivity contribution is 0.194. The molecule has 2 rings (SSSR count). The number of likely N-dealkylation sites (tertiary alicyclic amines) is 1. The van der Waals surface area contributed by atoms with Crippen LogP contribution < -0.4 is 10.5 Å². The zero-order valence-electron chi connectivity index (χ0n) is 10.6. The molecule has 1 saturated heterocycles. The summed E-state index contributed by atoms with van der Waals surface area (Å²) >= 11 is 3.44. The van der Waals surface area contributed by atoms with E-state index in [9.17, 15) is 0 Å². The van der Waals surface area contributed by atoms with Crippen LogP contribution in [-0.2, 0) is 0 Å². The Morgan fingerprint density at radius 1 is 1.33 bits per heavy atom. The highest BCUT2D eigenvalue weighted by atomic mass is 79.9. The van der Waals surface area contributed by atoms with Gasteiger partial charge in [-0.1, -0.05) is 22.0 Å². The highest BCUT2D eigenvalue weighted by Gasteiger charge is 2.14. The lowest BCUT2D eigenvalue weighted by Gasteiger charge is -2.29. The van der Waals surface area contributed by atoms with Crippen molar-refractivity contribution in [3.8, 4) is 5.75 Å². The summed E-state index contributed by atoms with van der Waals surface area (Å²) in [7, 11) is 0. The predicted octanol–water partition coefficient (Wildman–Crippen LogP) is 2.64. The van der Waals surface area contributed by atoms with Crippen LogP contribution in [0.2, 0.25) is 0 Å². The van der Waals surface area contributed by atoms with Crippen LogP contribution in [0.25, 0.3) is 0 Å². The number of rotatable bonds is 5. The number of benzene rings is 1. The van der Waals surface area contributed by atoms with Crippen molar-refractivity contribution >= 4 is 15.9 Å². The number of halogens is 1. The predicted molar refractivity (Wildman–Crippen MR) is 77.9 cm³/mol. The molecular formula is C14H21BrN2O. The normalized spacial score (nSPS) is 17.9. The molecule has 4 heteroatoms. The van der Waals surface area contributed by atoms with Crippen LogP contribution in [-0.4, -0.2) is 37.2 Å². The molecule has 18 heavy (non-hydrogen) atoms. The van der Waals surface area contributed by atoms with Gasteiger partial charge in [0, 0.05) is 17.1 Å². The molecule has 1 aliphatic rings. The summed E-state index contributed by atoms with van der Waals surface area (Å²) in [5.74, 6) is 0.935. The number of hydrogen-bond acceptors (Lipinski definition) is 3. The zero-order chi connectivity index (χ0) is 12.8. The minimum atomic E-state index is 0.416. The largest absolute Gasteiger partial charge is 0.494 e. The Bertz CT molecular complexity index is 365. The summed E-state index contributed by atoms with van der Waals surface area (Å²) in [6, 6.07) is 8.40. The molecule has 1 aliphatic heterocycles. The molecule has 1 fully saturated rings. The Balaban J connectivity index is 1.61. The first-order valence-corrected chi connectivity index (χ1v) is 7.39. The first-order chi connectivity index (χ1) is 8.74. The Hall–Kier alpha value is -0.580. The van der Waals surface area contributed by atoms with E-state index in [1.807, 2.05) is 24.3 Å². The highest BCUT2D eigenvalue weighted by Crippen LogP contribution is 2.17. The molecular weight excluding hydrogens is 292 g/mol. The Kier molecular flexibility index (Phi) is 5.47. The van der Waals surface area contributed by atoms with E-state index in [1.54, 1.807) is 0 Å². The molecule has 2 N–H and O–H groups in total. The van der Waals surface area contributed by atoms with Gasteiger partial charge >= 0.3 is 0 Å². The van der Waals surface area contributed by atoms with E-state index < -0.39 is 0 Å². The van der Waals surface area contributed by atoms with E-state index in [0.717, 1.165) is 55.7 Å². The third-order valence-corrected chi connectivity index (χ3v) is 3.81. The van der Waals surface area contributed by atoms with Crippen LogP contribution in [0.15, 0.2) is 28.7 Å². The third-order valence-electron chi connectivity index (χ3n) is 3.32. The van der Waals surface area contributed by atoms with Crippen LogP contribution >= 0.6 is 15.9 Å². The first kappa shape index (κ1) is 13.8. The van der Waals surface area contributed by atoms with Crippen molar-refractivity contribution in [3.05, 3.63) is 28.7 Å². The second-order valence-electron chi connectivity index (χ2n) is 4.84. The quantitative estimate of drug-likeness (QED) is 0.849. The van der Waals surface area contributed by atoms with Gasteiger partial charge < -0.3 is 15.4 Å². The molecule has 0 saturated carbocycles. The van der Waals surface area contributed by atoms with E-state index in [1.165, 1.54) is 0 Å².